The van der Waals surface area contributed by atoms with E-state index in [1.165, 1.54) is 0 Å². The summed E-state index contributed by atoms with van der Waals surface area (Å²) in [6, 6.07) is 15.4. The molecule has 4 N–H and O–H groups in total. The van der Waals surface area contributed by atoms with Gasteiger partial charge >= 0.3 is 0 Å². The van der Waals surface area contributed by atoms with Gasteiger partial charge in [0.05, 0.1) is 13.1 Å². The van der Waals surface area contributed by atoms with Crippen molar-refractivity contribution in [1.29, 1.82) is 0 Å². The lowest BCUT2D eigenvalue weighted by atomic mass is 9.90. The number of carbonyl (C=O) groups is 2. The van der Waals surface area contributed by atoms with E-state index in [0.717, 1.165) is 74.7 Å². The SMILES string of the molecule is O=C(NC1CCC(NC(=O)c2ccc(C3=NCCN3)cc2)CC1)c1ccc(C2=NCCN2)cc1. The zero-order valence-corrected chi connectivity index (χ0v) is 19.1. The first-order chi connectivity index (χ1) is 16.7. The van der Waals surface area contributed by atoms with E-state index in [2.05, 4.69) is 31.3 Å². The summed E-state index contributed by atoms with van der Waals surface area (Å²) in [5, 5.41) is 12.8. The van der Waals surface area contributed by atoms with Gasteiger partial charge in [0.1, 0.15) is 11.7 Å². The van der Waals surface area contributed by atoms with Crippen molar-refractivity contribution in [3.63, 3.8) is 0 Å². The van der Waals surface area contributed by atoms with E-state index in [1.54, 1.807) is 0 Å². The van der Waals surface area contributed by atoms with Crippen LogP contribution >= 0.6 is 0 Å². The van der Waals surface area contributed by atoms with Crippen molar-refractivity contribution in [1.82, 2.24) is 21.3 Å². The lowest BCUT2D eigenvalue weighted by molar-refractivity contribution is 0.0892. The average molecular weight is 459 g/mol. The van der Waals surface area contributed by atoms with Crippen molar-refractivity contribution in [3.8, 4) is 0 Å². The van der Waals surface area contributed by atoms with E-state index in [1.807, 2.05) is 48.5 Å². The van der Waals surface area contributed by atoms with E-state index in [4.69, 9.17) is 0 Å². The molecule has 2 heterocycles. The van der Waals surface area contributed by atoms with Gasteiger partial charge in [-0.3, -0.25) is 19.6 Å². The van der Waals surface area contributed by atoms with Gasteiger partial charge in [-0.25, -0.2) is 0 Å². The molecule has 0 spiro atoms. The second-order valence-corrected chi connectivity index (χ2v) is 8.96. The van der Waals surface area contributed by atoms with E-state index in [-0.39, 0.29) is 23.9 Å². The fourth-order valence-electron chi connectivity index (χ4n) is 4.66. The van der Waals surface area contributed by atoms with Crippen LogP contribution in [0.15, 0.2) is 58.5 Å². The number of amides is 2. The summed E-state index contributed by atoms with van der Waals surface area (Å²) >= 11 is 0. The number of rotatable bonds is 6. The van der Waals surface area contributed by atoms with Gasteiger partial charge in [-0.15, -0.1) is 0 Å². The Balaban J connectivity index is 1.08. The molecule has 8 heteroatoms. The van der Waals surface area contributed by atoms with E-state index < -0.39 is 0 Å². The van der Waals surface area contributed by atoms with Crippen molar-refractivity contribution in [2.24, 2.45) is 9.98 Å². The van der Waals surface area contributed by atoms with Crippen LogP contribution in [-0.4, -0.2) is 61.7 Å². The van der Waals surface area contributed by atoms with Crippen molar-refractivity contribution in [3.05, 3.63) is 70.8 Å². The summed E-state index contributed by atoms with van der Waals surface area (Å²) in [6.45, 7) is 3.31. The van der Waals surface area contributed by atoms with Crippen molar-refractivity contribution in [2.45, 2.75) is 37.8 Å². The number of amidine groups is 2. The predicted molar refractivity (Wildman–Crippen MR) is 133 cm³/mol. The average Bonchev–Trinajstić information content (AvgIpc) is 3.60. The third-order valence-electron chi connectivity index (χ3n) is 6.59. The maximum Gasteiger partial charge on any atom is 0.251 e. The highest BCUT2D eigenvalue weighted by molar-refractivity contribution is 6.02. The Morgan fingerprint density at radius 3 is 1.35 bits per heavy atom. The Morgan fingerprint density at radius 2 is 1.03 bits per heavy atom. The van der Waals surface area contributed by atoms with Crippen LogP contribution in [0.4, 0.5) is 0 Å². The number of benzene rings is 2. The monoisotopic (exact) mass is 458 g/mol. The molecular weight excluding hydrogens is 428 g/mol. The molecule has 5 rings (SSSR count). The molecule has 3 aliphatic rings. The summed E-state index contributed by atoms with van der Waals surface area (Å²) < 4.78 is 0. The third kappa shape index (κ3) is 5.11. The number of aliphatic imine (C=N–C) groups is 2. The molecule has 0 atom stereocenters. The van der Waals surface area contributed by atoms with E-state index in [0.29, 0.717) is 11.1 Å². The Kier molecular flexibility index (Phi) is 6.56. The summed E-state index contributed by atoms with van der Waals surface area (Å²) in [5.41, 5.74) is 3.31. The lowest BCUT2D eigenvalue weighted by Crippen LogP contribution is -2.43. The third-order valence-corrected chi connectivity index (χ3v) is 6.59. The normalized spacial score (nSPS) is 21.6. The second kappa shape index (κ2) is 10.1. The van der Waals surface area contributed by atoms with Gasteiger partial charge in [0.15, 0.2) is 0 Å². The minimum Gasteiger partial charge on any atom is -0.368 e. The van der Waals surface area contributed by atoms with Crippen LogP contribution < -0.4 is 21.3 Å². The first-order valence-electron chi connectivity index (χ1n) is 12.0. The van der Waals surface area contributed by atoms with Crippen LogP contribution in [0, 0.1) is 0 Å². The molecular formula is C26H30N6O2. The topological polar surface area (TPSA) is 107 Å². The zero-order chi connectivity index (χ0) is 23.3. The molecule has 176 valence electrons. The summed E-state index contributed by atoms with van der Waals surface area (Å²) in [5.74, 6) is 1.68. The van der Waals surface area contributed by atoms with Crippen molar-refractivity contribution < 1.29 is 9.59 Å². The molecule has 1 aliphatic carbocycles. The zero-order valence-electron chi connectivity index (χ0n) is 19.1. The minimum absolute atomic E-state index is 0.0539. The van der Waals surface area contributed by atoms with Crippen LogP contribution in [0.25, 0.3) is 0 Å². The highest BCUT2D eigenvalue weighted by Gasteiger charge is 2.24. The van der Waals surface area contributed by atoms with Gasteiger partial charge in [-0.2, -0.15) is 0 Å². The van der Waals surface area contributed by atoms with Gasteiger partial charge in [-0.1, -0.05) is 24.3 Å². The van der Waals surface area contributed by atoms with Gasteiger partial charge < -0.3 is 21.3 Å². The molecule has 0 unspecified atom stereocenters. The molecule has 2 aliphatic heterocycles. The largest absolute Gasteiger partial charge is 0.368 e. The molecule has 2 aromatic rings. The fourth-order valence-corrected chi connectivity index (χ4v) is 4.66. The molecule has 34 heavy (non-hydrogen) atoms. The molecule has 8 nitrogen and oxygen atoms in total. The first-order valence-corrected chi connectivity index (χ1v) is 12.0. The maximum absolute atomic E-state index is 12.7. The van der Waals surface area contributed by atoms with Crippen LogP contribution in [0.1, 0.15) is 57.5 Å². The van der Waals surface area contributed by atoms with E-state index >= 15 is 0 Å². The Bertz CT molecular complexity index is 1010. The summed E-state index contributed by atoms with van der Waals surface area (Å²) in [7, 11) is 0. The highest BCUT2D eigenvalue weighted by atomic mass is 16.2. The quantitative estimate of drug-likeness (QED) is 0.530. The first kappa shape index (κ1) is 22.1. The van der Waals surface area contributed by atoms with Gasteiger partial charge in [0.2, 0.25) is 0 Å². The molecule has 2 amide bonds. The molecule has 0 bridgehead atoms. The standard InChI is InChI=1S/C26H30N6O2/c33-25(19-5-1-17(2-6-19)23-27-13-14-28-23)31-21-9-11-22(12-10-21)32-26(34)20-7-3-18(4-8-20)24-29-15-16-30-24/h1-8,21-22H,9-16H2,(H,27,28)(H,29,30)(H,31,33)(H,32,34). The van der Waals surface area contributed by atoms with Gasteiger partial charge in [-0.05, 0) is 49.9 Å². The molecule has 1 saturated carbocycles. The number of nitrogens with one attached hydrogen (secondary N) is 4. The van der Waals surface area contributed by atoms with Gasteiger partial charge in [0.25, 0.3) is 11.8 Å². The molecule has 2 aromatic carbocycles. The lowest BCUT2D eigenvalue weighted by Gasteiger charge is -2.29. The fraction of sp³-hybridized carbons (Fsp3) is 0.385. The smallest absolute Gasteiger partial charge is 0.251 e. The Morgan fingerprint density at radius 1 is 0.647 bits per heavy atom. The van der Waals surface area contributed by atoms with Crippen molar-refractivity contribution in [2.75, 3.05) is 26.2 Å². The molecule has 0 radical (unpaired) electrons. The van der Waals surface area contributed by atoms with Crippen LogP contribution in [0.5, 0.6) is 0 Å². The predicted octanol–water partition coefficient (Wildman–Crippen LogP) is 1.86. The molecule has 0 aromatic heterocycles. The minimum atomic E-state index is -0.0539. The van der Waals surface area contributed by atoms with Crippen LogP contribution in [-0.2, 0) is 0 Å². The Hall–Kier alpha value is -3.68. The van der Waals surface area contributed by atoms with Crippen molar-refractivity contribution >= 4 is 23.5 Å². The summed E-state index contributed by atoms with van der Waals surface area (Å²) in [4.78, 5) is 34.2. The second-order valence-electron chi connectivity index (χ2n) is 8.96. The number of nitrogens with zero attached hydrogens (tertiary/aromatic N) is 2. The van der Waals surface area contributed by atoms with Crippen LogP contribution in [0.2, 0.25) is 0 Å². The number of hydrogen-bond donors (Lipinski definition) is 4. The molecule has 0 saturated heterocycles. The molecule has 1 fully saturated rings. The highest BCUT2D eigenvalue weighted by Crippen LogP contribution is 2.20. The number of hydrogen-bond acceptors (Lipinski definition) is 6. The summed E-state index contributed by atoms with van der Waals surface area (Å²) in [6.07, 6.45) is 3.39. The number of carbonyl (C=O) groups excluding carboxylic acids is 2. The van der Waals surface area contributed by atoms with Crippen LogP contribution in [0.3, 0.4) is 0 Å². The Labute approximate surface area is 199 Å². The van der Waals surface area contributed by atoms with E-state index in [9.17, 15) is 9.59 Å². The van der Waals surface area contributed by atoms with Gasteiger partial charge in [0, 0.05) is 47.4 Å². The maximum atomic E-state index is 12.7.